The number of carbonyl (C=O) groups excluding carboxylic acids is 1. The molecular formula is C24H31N7O3S. The van der Waals surface area contributed by atoms with Crippen molar-refractivity contribution in [2.24, 2.45) is 0 Å². The van der Waals surface area contributed by atoms with Crippen molar-refractivity contribution >= 4 is 15.9 Å². The van der Waals surface area contributed by atoms with Crippen LogP contribution in [-0.2, 0) is 16.6 Å². The summed E-state index contributed by atoms with van der Waals surface area (Å²) < 4.78 is 28.5. The quantitative estimate of drug-likeness (QED) is 0.469. The standard InChI is InChI=1S/C24H31N7O3S/c1-4-30(5-2)35(33,34)22-12-8-20(9-13-22)24(32)29-16-14-28(15-17-29)18-23-25-26-27-31(23)21-10-6-19(3)7-11-21/h6-13H,4-5,14-18H2,1-3H3. The van der Waals surface area contributed by atoms with E-state index in [4.69, 9.17) is 0 Å². The number of rotatable bonds is 8. The monoisotopic (exact) mass is 497 g/mol. The molecule has 1 amide bonds. The first-order valence-electron chi connectivity index (χ1n) is 11.8. The number of hydrogen-bond acceptors (Lipinski definition) is 7. The molecule has 0 unspecified atom stereocenters. The van der Waals surface area contributed by atoms with Crippen LogP contribution in [0.3, 0.4) is 0 Å². The van der Waals surface area contributed by atoms with E-state index < -0.39 is 10.0 Å². The van der Waals surface area contributed by atoms with Gasteiger partial charge >= 0.3 is 0 Å². The summed E-state index contributed by atoms with van der Waals surface area (Å²) in [7, 11) is -3.54. The van der Waals surface area contributed by atoms with Gasteiger partial charge in [0, 0.05) is 44.8 Å². The van der Waals surface area contributed by atoms with Crippen LogP contribution >= 0.6 is 0 Å². The summed E-state index contributed by atoms with van der Waals surface area (Å²) in [4.78, 5) is 17.2. The van der Waals surface area contributed by atoms with Crippen LogP contribution in [-0.4, -0.2) is 87.9 Å². The van der Waals surface area contributed by atoms with Crippen LogP contribution in [0.2, 0.25) is 0 Å². The van der Waals surface area contributed by atoms with Gasteiger partial charge in [-0.2, -0.15) is 8.99 Å². The lowest BCUT2D eigenvalue weighted by molar-refractivity contribution is 0.0624. The fourth-order valence-electron chi connectivity index (χ4n) is 4.16. The van der Waals surface area contributed by atoms with E-state index in [1.165, 1.54) is 22.0 Å². The average Bonchev–Trinajstić information content (AvgIpc) is 3.33. The van der Waals surface area contributed by atoms with Gasteiger partial charge in [-0.1, -0.05) is 31.5 Å². The normalized spacial score (nSPS) is 15.0. The van der Waals surface area contributed by atoms with Crippen molar-refractivity contribution in [1.82, 2.24) is 34.3 Å². The fourth-order valence-corrected chi connectivity index (χ4v) is 5.62. The molecule has 0 atom stereocenters. The van der Waals surface area contributed by atoms with E-state index in [2.05, 4.69) is 20.4 Å². The molecule has 1 aromatic heterocycles. The molecule has 3 aromatic rings. The third-order valence-electron chi connectivity index (χ3n) is 6.28. The number of aromatic nitrogens is 4. The highest BCUT2D eigenvalue weighted by molar-refractivity contribution is 7.89. The lowest BCUT2D eigenvalue weighted by Gasteiger charge is -2.34. The van der Waals surface area contributed by atoms with Gasteiger partial charge in [-0.15, -0.1) is 5.10 Å². The topological polar surface area (TPSA) is 105 Å². The second-order valence-corrected chi connectivity index (χ2v) is 10.5. The zero-order valence-electron chi connectivity index (χ0n) is 20.3. The Morgan fingerprint density at radius 1 is 0.943 bits per heavy atom. The number of carbonyl (C=O) groups is 1. The lowest BCUT2D eigenvalue weighted by Crippen LogP contribution is -2.48. The zero-order chi connectivity index (χ0) is 25.0. The lowest BCUT2D eigenvalue weighted by atomic mass is 10.2. The van der Waals surface area contributed by atoms with Gasteiger partial charge in [0.2, 0.25) is 10.0 Å². The molecule has 10 nitrogen and oxygen atoms in total. The minimum absolute atomic E-state index is 0.0964. The van der Waals surface area contributed by atoms with Gasteiger partial charge in [-0.05, 0) is 53.7 Å². The first kappa shape index (κ1) is 25.0. The maximum atomic E-state index is 13.0. The Bertz CT molecular complexity index is 1250. The van der Waals surface area contributed by atoms with Gasteiger partial charge in [0.15, 0.2) is 5.82 Å². The Morgan fingerprint density at radius 2 is 1.57 bits per heavy atom. The third kappa shape index (κ3) is 5.42. The number of piperazine rings is 1. The highest BCUT2D eigenvalue weighted by Crippen LogP contribution is 2.18. The van der Waals surface area contributed by atoms with Crippen LogP contribution < -0.4 is 0 Å². The molecular weight excluding hydrogens is 466 g/mol. The van der Waals surface area contributed by atoms with Crippen molar-refractivity contribution in [2.75, 3.05) is 39.3 Å². The Labute approximate surface area is 206 Å². The van der Waals surface area contributed by atoms with Gasteiger partial charge in [0.1, 0.15) is 0 Å². The summed E-state index contributed by atoms with van der Waals surface area (Å²) in [5.41, 5.74) is 2.57. The number of benzene rings is 2. The Morgan fingerprint density at radius 3 is 2.17 bits per heavy atom. The van der Waals surface area contributed by atoms with E-state index in [-0.39, 0.29) is 10.8 Å². The number of amides is 1. The molecule has 1 fully saturated rings. The minimum Gasteiger partial charge on any atom is -0.336 e. The Kier molecular flexibility index (Phi) is 7.58. The smallest absolute Gasteiger partial charge is 0.253 e. The molecule has 186 valence electrons. The van der Waals surface area contributed by atoms with E-state index in [0.29, 0.717) is 51.4 Å². The number of sulfonamides is 1. The van der Waals surface area contributed by atoms with Crippen molar-refractivity contribution in [3.63, 3.8) is 0 Å². The molecule has 4 rings (SSSR count). The molecule has 0 N–H and O–H groups in total. The van der Waals surface area contributed by atoms with Crippen molar-refractivity contribution in [3.05, 3.63) is 65.5 Å². The molecule has 0 aliphatic carbocycles. The highest BCUT2D eigenvalue weighted by Gasteiger charge is 2.25. The number of tetrazole rings is 1. The zero-order valence-corrected chi connectivity index (χ0v) is 21.1. The molecule has 0 spiro atoms. The summed E-state index contributed by atoms with van der Waals surface area (Å²) in [6.45, 7) is 9.58. The van der Waals surface area contributed by atoms with E-state index in [1.54, 1.807) is 21.7 Å². The molecule has 0 radical (unpaired) electrons. The van der Waals surface area contributed by atoms with E-state index >= 15 is 0 Å². The van der Waals surface area contributed by atoms with Gasteiger partial charge in [-0.3, -0.25) is 9.69 Å². The molecule has 1 saturated heterocycles. The van der Waals surface area contributed by atoms with Crippen LogP contribution in [0.4, 0.5) is 0 Å². The summed E-state index contributed by atoms with van der Waals surface area (Å²) >= 11 is 0. The van der Waals surface area contributed by atoms with Gasteiger partial charge in [-0.25, -0.2) is 8.42 Å². The predicted molar refractivity (Wildman–Crippen MR) is 132 cm³/mol. The van der Waals surface area contributed by atoms with Crippen molar-refractivity contribution in [3.8, 4) is 5.69 Å². The third-order valence-corrected chi connectivity index (χ3v) is 8.35. The number of aryl methyl sites for hydroxylation is 1. The second kappa shape index (κ2) is 10.6. The first-order chi connectivity index (χ1) is 16.8. The summed E-state index contributed by atoms with van der Waals surface area (Å²) in [5.74, 6) is 0.652. The Balaban J connectivity index is 1.36. The Hall–Kier alpha value is -3.15. The molecule has 1 aliphatic rings. The van der Waals surface area contributed by atoms with Gasteiger partial charge < -0.3 is 4.90 Å². The number of hydrogen-bond donors (Lipinski definition) is 0. The molecule has 35 heavy (non-hydrogen) atoms. The second-order valence-electron chi connectivity index (χ2n) is 8.52. The van der Waals surface area contributed by atoms with Crippen molar-refractivity contribution < 1.29 is 13.2 Å². The highest BCUT2D eigenvalue weighted by atomic mass is 32.2. The van der Waals surface area contributed by atoms with E-state index in [0.717, 1.165) is 11.5 Å². The van der Waals surface area contributed by atoms with Gasteiger partial charge in [0.05, 0.1) is 17.1 Å². The maximum absolute atomic E-state index is 13.0. The van der Waals surface area contributed by atoms with Crippen LogP contribution in [0, 0.1) is 6.92 Å². The largest absolute Gasteiger partial charge is 0.336 e. The maximum Gasteiger partial charge on any atom is 0.253 e. The fraction of sp³-hybridized carbons (Fsp3) is 0.417. The first-order valence-corrected chi connectivity index (χ1v) is 13.2. The number of nitrogens with zero attached hydrogens (tertiary/aromatic N) is 7. The van der Waals surface area contributed by atoms with Crippen LogP contribution in [0.5, 0.6) is 0 Å². The molecule has 11 heteroatoms. The van der Waals surface area contributed by atoms with Crippen molar-refractivity contribution in [1.29, 1.82) is 0 Å². The van der Waals surface area contributed by atoms with Crippen molar-refractivity contribution in [2.45, 2.75) is 32.2 Å². The van der Waals surface area contributed by atoms with E-state index in [9.17, 15) is 13.2 Å². The molecule has 2 heterocycles. The summed E-state index contributed by atoms with van der Waals surface area (Å²) in [6, 6.07) is 14.3. The predicted octanol–water partition coefficient (Wildman–Crippen LogP) is 1.96. The minimum atomic E-state index is -3.54. The van der Waals surface area contributed by atoms with Gasteiger partial charge in [0.25, 0.3) is 5.91 Å². The average molecular weight is 498 g/mol. The van der Waals surface area contributed by atoms with Crippen LogP contribution in [0.1, 0.15) is 35.6 Å². The SMILES string of the molecule is CCN(CC)S(=O)(=O)c1ccc(C(=O)N2CCN(Cc3nnnn3-c3ccc(C)cc3)CC2)cc1. The molecule has 0 saturated carbocycles. The van der Waals surface area contributed by atoms with E-state index in [1.807, 2.05) is 45.0 Å². The summed E-state index contributed by atoms with van der Waals surface area (Å²) in [6.07, 6.45) is 0. The van der Waals surface area contributed by atoms with Crippen LogP contribution in [0.15, 0.2) is 53.4 Å². The molecule has 2 aromatic carbocycles. The molecule has 1 aliphatic heterocycles. The molecule has 0 bridgehead atoms. The summed E-state index contributed by atoms with van der Waals surface area (Å²) in [5, 5.41) is 12.2. The van der Waals surface area contributed by atoms with Crippen LogP contribution in [0.25, 0.3) is 5.69 Å².